The first-order valence-corrected chi connectivity index (χ1v) is 8.66. The summed E-state index contributed by atoms with van der Waals surface area (Å²) in [6, 6.07) is 10.7. The van der Waals surface area contributed by atoms with Gasteiger partial charge in [-0.1, -0.05) is 0 Å². The Kier molecular flexibility index (Phi) is 5.71. The van der Waals surface area contributed by atoms with Crippen molar-refractivity contribution < 1.29 is 9.84 Å². The van der Waals surface area contributed by atoms with Gasteiger partial charge in [-0.3, -0.25) is 0 Å². The number of aliphatic hydroxyl groups excluding tert-OH is 1. The summed E-state index contributed by atoms with van der Waals surface area (Å²) in [6.07, 6.45) is 5.05. The summed E-state index contributed by atoms with van der Waals surface area (Å²) < 4.78 is 7.41. The van der Waals surface area contributed by atoms with Gasteiger partial charge in [0.25, 0.3) is 0 Å². The molecule has 18 heavy (non-hydrogen) atoms. The molecular weight excluding hydrogens is 291 g/mol. The van der Waals surface area contributed by atoms with E-state index in [4.69, 9.17) is 4.74 Å². The number of benzene rings is 1. The van der Waals surface area contributed by atoms with Crippen LogP contribution < -0.4 is 4.46 Å². The molecule has 3 heteroatoms. The summed E-state index contributed by atoms with van der Waals surface area (Å²) in [4.78, 5) is 0.628. The zero-order chi connectivity index (χ0) is 12.8. The van der Waals surface area contributed by atoms with Gasteiger partial charge in [-0.25, -0.2) is 0 Å². The fourth-order valence-corrected chi connectivity index (χ4v) is 5.16. The average Bonchev–Trinajstić information content (AvgIpc) is 2.80. The van der Waals surface area contributed by atoms with Gasteiger partial charge in [0.15, 0.2) is 0 Å². The van der Waals surface area contributed by atoms with Crippen molar-refractivity contribution >= 4 is 19.4 Å². The Morgan fingerprint density at radius 3 is 2.78 bits per heavy atom. The first-order chi connectivity index (χ1) is 8.83. The second-order valence-electron chi connectivity index (χ2n) is 4.83. The van der Waals surface area contributed by atoms with E-state index in [-0.39, 0.29) is 12.7 Å². The second kappa shape index (κ2) is 7.30. The SMILES string of the molecule is CCCC[C@H]1O[C@@H](CO)C[C@@H]1[Se]c1ccccc1. The summed E-state index contributed by atoms with van der Waals surface area (Å²) in [5.74, 6) is 0. The minimum atomic E-state index is 0.0717. The van der Waals surface area contributed by atoms with Crippen LogP contribution in [-0.4, -0.2) is 38.9 Å². The molecule has 1 aromatic rings. The topological polar surface area (TPSA) is 29.5 Å². The van der Waals surface area contributed by atoms with Gasteiger partial charge in [-0.05, 0) is 0 Å². The zero-order valence-corrected chi connectivity index (χ0v) is 12.6. The van der Waals surface area contributed by atoms with Gasteiger partial charge >= 0.3 is 116 Å². The van der Waals surface area contributed by atoms with Crippen molar-refractivity contribution in [2.24, 2.45) is 0 Å². The van der Waals surface area contributed by atoms with Gasteiger partial charge in [-0.15, -0.1) is 0 Å². The molecular formula is C15H22O2Se. The fourth-order valence-electron chi connectivity index (χ4n) is 2.38. The van der Waals surface area contributed by atoms with Crippen LogP contribution in [0.4, 0.5) is 0 Å². The van der Waals surface area contributed by atoms with Crippen LogP contribution in [0.1, 0.15) is 32.6 Å². The molecule has 0 spiro atoms. The molecule has 2 nitrogen and oxygen atoms in total. The van der Waals surface area contributed by atoms with Crippen LogP contribution in [0.3, 0.4) is 0 Å². The number of rotatable bonds is 6. The van der Waals surface area contributed by atoms with Crippen molar-refractivity contribution in [1.82, 2.24) is 0 Å². The van der Waals surface area contributed by atoms with Crippen molar-refractivity contribution in [2.75, 3.05) is 6.61 Å². The van der Waals surface area contributed by atoms with E-state index < -0.39 is 0 Å². The summed E-state index contributed by atoms with van der Waals surface area (Å²) in [5, 5.41) is 9.28. The molecule has 1 N–H and O–H groups in total. The maximum atomic E-state index is 9.28. The summed E-state index contributed by atoms with van der Waals surface area (Å²) in [5.41, 5.74) is 0. The molecule has 1 heterocycles. The first kappa shape index (κ1) is 14.1. The Morgan fingerprint density at radius 1 is 1.33 bits per heavy atom. The van der Waals surface area contributed by atoms with Crippen LogP contribution in [0, 0.1) is 0 Å². The van der Waals surface area contributed by atoms with E-state index in [1.165, 1.54) is 17.3 Å². The van der Waals surface area contributed by atoms with E-state index in [1.807, 2.05) is 0 Å². The first-order valence-electron chi connectivity index (χ1n) is 6.81. The standard InChI is InChI=1S/C15H22O2Se/c1-2-3-9-14-15(10-12(11-16)17-14)18-13-7-5-4-6-8-13/h4-8,12,14-16H,2-3,9-11H2,1H3/t12-,14-,15+/m1/s1. The third-order valence-corrected chi connectivity index (χ3v) is 6.17. The third-order valence-electron chi connectivity index (χ3n) is 3.35. The van der Waals surface area contributed by atoms with Gasteiger partial charge in [0.1, 0.15) is 0 Å². The number of aliphatic hydroxyl groups is 1. The molecule has 1 aliphatic heterocycles. The predicted molar refractivity (Wildman–Crippen MR) is 75.5 cm³/mol. The predicted octanol–water partition coefficient (Wildman–Crippen LogP) is 2.14. The Labute approximate surface area is 116 Å². The number of hydrogen-bond acceptors (Lipinski definition) is 2. The van der Waals surface area contributed by atoms with Crippen LogP contribution in [0.15, 0.2) is 30.3 Å². The molecule has 1 fully saturated rings. The molecule has 0 bridgehead atoms. The maximum absolute atomic E-state index is 9.28. The fraction of sp³-hybridized carbons (Fsp3) is 0.600. The van der Waals surface area contributed by atoms with Gasteiger partial charge in [-0.2, -0.15) is 0 Å². The Morgan fingerprint density at radius 2 is 2.11 bits per heavy atom. The van der Waals surface area contributed by atoms with Crippen molar-refractivity contribution in [3.8, 4) is 0 Å². The normalized spacial score (nSPS) is 27.6. The Balaban J connectivity index is 1.95. The molecule has 0 aromatic heterocycles. The molecule has 1 saturated heterocycles. The molecule has 0 radical (unpaired) electrons. The van der Waals surface area contributed by atoms with E-state index >= 15 is 0 Å². The van der Waals surface area contributed by atoms with E-state index in [2.05, 4.69) is 37.3 Å². The van der Waals surface area contributed by atoms with Crippen LogP contribution in [0.25, 0.3) is 0 Å². The molecule has 100 valence electrons. The minimum absolute atomic E-state index is 0.0717. The summed E-state index contributed by atoms with van der Waals surface area (Å²) >= 11 is 0.462. The van der Waals surface area contributed by atoms with Crippen molar-refractivity contribution in [3.05, 3.63) is 30.3 Å². The molecule has 0 amide bonds. The molecule has 1 aromatic carbocycles. The van der Waals surface area contributed by atoms with Crippen molar-refractivity contribution in [3.63, 3.8) is 0 Å². The monoisotopic (exact) mass is 314 g/mol. The number of hydrogen-bond donors (Lipinski definition) is 1. The molecule has 2 rings (SSSR count). The van der Waals surface area contributed by atoms with Gasteiger partial charge in [0.2, 0.25) is 0 Å². The quantitative estimate of drug-likeness (QED) is 0.816. The Hall–Kier alpha value is -0.341. The summed E-state index contributed by atoms with van der Waals surface area (Å²) in [6.45, 7) is 2.39. The average molecular weight is 313 g/mol. The van der Waals surface area contributed by atoms with Crippen molar-refractivity contribution in [2.45, 2.75) is 49.6 Å². The van der Waals surface area contributed by atoms with Gasteiger partial charge in [0.05, 0.1) is 0 Å². The molecule has 0 saturated carbocycles. The van der Waals surface area contributed by atoms with Crippen molar-refractivity contribution in [1.29, 1.82) is 0 Å². The molecule has 3 atom stereocenters. The zero-order valence-electron chi connectivity index (χ0n) is 10.9. The van der Waals surface area contributed by atoms with Gasteiger partial charge in [0, 0.05) is 0 Å². The van der Waals surface area contributed by atoms with Crippen LogP contribution in [0.5, 0.6) is 0 Å². The van der Waals surface area contributed by atoms with E-state index in [0.29, 0.717) is 25.9 Å². The molecule has 0 aliphatic carbocycles. The van der Waals surface area contributed by atoms with E-state index in [1.54, 1.807) is 0 Å². The number of unbranched alkanes of at least 4 members (excludes halogenated alkanes) is 1. The van der Waals surface area contributed by atoms with Crippen LogP contribution in [0.2, 0.25) is 4.82 Å². The molecule has 0 unspecified atom stereocenters. The van der Waals surface area contributed by atoms with Gasteiger partial charge < -0.3 is 0 Å². The number of ether oxygens (including phenoxy) is 1. The second-order valence-corrected chi connectivity index (χ2v) is 7.58. The summed E-state index contributed by atoms with van der Waals surface area (Å²) in [7, 11) is 0. The third kappa shape index (κ3) is 3.83. The molecule has 1 aliphatic rings. The van der Waals surface area contributed by atoms with Crippen LogP contribution >= 0.6 is 0 Å². The van der Waals surface area contributed by atoms with E-state index in [9.17, 15) is 5.11 Å². The Bertz CT molecular complexity index is 342. The van der Waals surface area contributed by atoms with E-state index in [0.717, 1.165) is 12.8 Å². The van der Waals surface area contributed by atoms with Crippen LogP contribution in [-0.2, 0) is 4.74 Å².